The first-order valence-corrected chi connectivity index (χ1v) is 9.43. The first-order chi connectivity index (χ1) is 13.1. The van der Waals surface area contributed by atoms with Gasteiger partial charge in [0.05, 0.1) is 12.1 Å². The van der Waals surface area contributed by atoms with E-state index in [1.165, 1.54) is 6.92 Å². The van der Waals surface area contributed by atoms with Crippen molar-refractivity contribution in [3.05, 3.63) is 23.8 Å². The van der Waals surface area contributed by atoms with E-state index in [4.69, 9.17) is 4.74 Å². The molecule has 28 heavy (non-hydrogen) atoms. The lowest BCUT2D eigenvalue weighted by Crippen LogP contribution is -2.49. The molecule has 0 saturated heterocycles. The summed E-state index contributed by atoms with van der Waals surface area (Å²) in [5.74, 6) is 0.0850. The van der Waals surface area contributed by atoms with Crippen molar-refractivity contribution in [1.29, 1.82) is 0 Å². The van der Waals surface area contributed by atoms with Gasteiger partial charge in [0.2, 0.25) is 5.91 Å². The number of amides is 4. The largest absolute Gasteiger partial charge is 0.487 e. The first-order valence-electron chi connectivity index (χ1n) is 9.43. The van der Waals surface area contributed by atoms with Crippen molar-refractivity contribution in [2.45, 2.75) is 39.8 Å². The molecule has 0 aliphatic carbocycles. The molecule has 0 unspecified atom stereocenters. The second-order valence-electron chi connectivity index (χ2n) is 7.70. The Hall–Kier alpha value is -2.77. The van der Waals surface area contributed by atoms with E-state index in [-0.39, 0.29) is 35.9 Å². The maximum Gasteiger partial charge on any atom is 0.317 e. The Morgan fingerprint density at radius 3 is 2.64 bits per heavy atom. The van der Waals surface area contributed by atoms with Crippen molar-refractivity contribution < 1.29 is 19.1 Å². The maximum atomic E-state index is 12.8. The van der Waals surface area contributed by atoms with Crippen molar-refractivity contribution in [2.75, 3.05) is 32.5 Å². The standard InChI is InChI=1S/C20H30N4O4/c1-12(2)21-20(27)24(6)11-18-13(3)10-23(5)19(26)16-9-15(22-14(4)25)7-8-17(16)28-18/h7-9,12-13,18H,10-11H2,1-6H3,(H,21,27)(H,22,25)/t13-,18+/m0/s1. The number of nitrogens with one attached hydrogen (secondary N) is 2. The Balaban J connectivity index is 2.28. The van der Waals surface area contributed by atoms with E-state index in [1.54, 1.807) is 42.1 Å². The molecule has 1 aliphatic rings. The lowest BCUT2D eigenvalue weighted by molar-refractivity contribution is -0.114. The van der Waals surface area contributed by atoms with Gasteiger partial charge >= 0.3 is 6.03 Å². The number of nitrogens with zero attached hydrogens (tertiary/aromatic N) is 2. The second-order valence-corrected chi connectivity index (χ2v) is 7.70. The van der Waals surface area contributed by atoms with Crippen LogP contribution < -0.4 is 15.4 Å². The van der Waals surface area contributed by atoms with Gasteiger partial charge in [0.25, 0.3) is 5.91 Å². The number of ether oxygens (including phenoxy) is 1. The number of urea groups is 1. The van der Waals surface area contributed by atoms with E-state index in [9.17, 15) is 14.4 Å². The zero-order chi connectivity index (χ0) is 21.0. The fourth-order valence-electron chi connectivity index (χ4n) is 3.13. The quantitative estimate of drug-likeness (QED) is 0.824. The molecule has 0 spiro atoms. The molecule has 2 atom stereocenters. The number of carbonyl (C=O) groups excluding carboxylic acids is 3. The highest BCUT2D eigenvalue weighted by atomic mass is 16.5. The predicted molar refractivity (Wildman–Crippen MR) is 108 cm³/mol. The van der Waals surface area contributed by atoms with Gasteiger partial charge in [-0.25, -0.2) is 4.79 Å². The van der Waals surface area contributed by atoms with Crippen LogP contribution in [-0.2, 0) is 4.79 Å². The lowest BCUT2D eigenvalue weighted by atomic mass is 10.0. The molecule has 1 aromatic rings. The average molecular weight is 390 g/mol. The van der Waals surface area contributed by atoms with Crippen LogP contribution in [0.1, 0.15) is 38.1 Å². The van der Waals surface area contributed by atoms with Crippen LogP contribution in [0.25, 0.3) is 0 Å². The monoisotopic (exact) mass is 390 g/mol. The molecule has 8 heteroatoms. The SMILES string of the molecule is CC(=O)Nc1ccc2c(c1)C(=O)N(C)C[C@H](C)[C@@H](CN(C)C(=O)NC(C)C)O2. The summed E-state index contributed by atoms with van der Waals surface area (Å²) in [5.41, 5.74) is 0.926. The summed E-state index contributed by atoms with van der Waals surface area (Å²) >= 11 is 0. The Labute approximate surface area is 166 Å². The van der Waals surface area contributed by atoms with Crippen molar-refractivity contribution in [3.63, 3.8) is 0 Å². The van der Waals surface area contributed by atoms with Gasteiger partial charge in [0, 0.05) is 45.2 Å². The minimum absolute atomic E-state index is 0.0198. The molecular formula is C20H30N4O4. The zero-order valence-electron chi connectivity index (χ0n) is 17.4. The molecule has 1 aromatic carbocycles. The van der Waals surface area contributed by atoms with Gasteiger partial charge in [-0.05, 0) is 32.0 Å². The van der Waals surface area contributed by atoms with Gasteiger partial charge in [0.1, 0.15) is 11.9 Å². The van der Waals surface area contributed by atoms with Crippen molar-refractivity contribution in [2.24, 2.45) is 5.92 Å². The predicted octanol–water partition coefficient (Wildman–Crippen LogP) is 2.16. The number of rotatable bonds is 4. The highest BCUT2D eigenvalue weighted by Gasteiger charge is 2.31. The molecule has 1 heterocycles. The van der Waals surface area contributed by atoms with Gasteiger partial charge in [-0.15, -0.1) is 0 Å². The summed E-state index contributed by atoms with van der Waals surface area (Å²) in [7, 11) is 3.47. The van der Waals surface area contributed by atoms with Crippen LogP contribution >= 0.6 is 0 Å². The number of hydrogen-bond donors (Lipinski definition) is 2. The minimum Gasteiger partial charge on any atom is -0.487 e. The summed E-state index contributed by atoms with van der Waals surface area (Å²) in [6.45, 7) is 8.10. The summed E-state index contributed by atoms with van der Waals surface area (Å²) < 4.78 is 6.17. The molecule has 2 N–H and O–H groups in total. The van der Waals surface area contributed by atoms with Crippen LogP contribution in [0.2, 0.25) is 0 Å². The van der Waals surface area contributed by atoms with Crippen LogP contribution in [0, 0.1) is 5.92 Å². The number of carbonyl (C=O) groups is 3. The van der Waals surface area contributed by atoms with Gasteiger partial charge in [0.15, 0.2) is 0 Å². The molecule has 0 bridgehead atoms. The minimum atomic E-state index is -0.288. The van der Waals surface area contributed by atoms with Crippen molar-refractivity contribution in [1.82, 2.24) is 15.1 Å². The third-order valence-electron chi connectivity index (χ3n) is 4.56. The fourth-order valence-corrected chi connectivity index (χ4v) is 3.13. The highest BCUT2D eigenvalue weighted by Crippen LogP contribution is 2.29. The van der Waals surface area contributed by atoms with Crippen LogP contribution in [0.5, 0.6) is 5.75 Å². The summed E-state index contributed by atoms with van der Waals surface area (Å²) in [6.07, 6.45) is -0.288. The smallest absolute Gasteiger partial charge is 0.317 e. The topological polar surface area (TPSA) is 91.0 Å². The maximum absolute atomic E-state index is 12.8. The number of fused-ring (bicyclic) bond motifs is 1. The van der Waals surface area contributed by atoms with E-state index in [1.807, 2.05) is 20.8 Å². The molecule has 0 fully saturated rings. The summed E-state index contributed by atoms with van der Waals surface area (Å²) in [5, 5.41) is 5.55. The Kier molecular flexibility index (Phi) is 6.88. The van der Waals surface area contributed by atoms with E-state index in [0.29, 0.717) is 30.1 Å². The number of benzene rings is 1. The average Bonchev–Trinajstić information content (AvgIpc) is 2.59. The molecule has 4 amide bonds. The van der Waals surface area contributed by atoms with Gasteiger partial charge in [-0.2, -0.15) is 0 Å². The zero-order valence-corrected chi connectivity index (χ0v) is 17.4. The Morgan fingerprint density at radius 2 is 2.04 bits per heavy atom. The Morgan fingerprint density at radius 1 is 1.36 bits per heavy atom. The number of hydrogen-bond acceptors (Lipinski definition) is 4. The molecular weight excluding hydrogens is 360 g/mol. The molecule has 0 aromatic heterocycles. The first kappa shape index (κ1) is 21.5. The van der Waals surface area contributed by atoms with E-state index in [2.05, 4.69) is 10.6 Å². The molecule has 0 radical (unpaired) electrons. The third-order valence-corrected chi connectivity index (χ3v) is 4.56. The van der Waals surface area contributed by atoms with Crippen LogP contribution in [0.3, 0.4) is 0 Å². The fraction of sp³-hybridized carbons (Fsp3) is 0.550. The van der Waals surface area contributed by atoms with Crippen molar-refractivity contribution >= 4 is 23.5 Å². The molecule has 0 saturated carbocycles. The number of likely N-dealkylation sites (N-methyl/N-ethyl adjacent to an activating group) is 1. The number of anilines is 1. The second kappa shape index (κ2) is 8.95. The van der Waals surface area contributed by atoms with Crippen molar-refractivity contribution in [3.8, 4) is 5.75 Å². The van der Waals surface area contributed by atoms with E-state index in [0.717, 1.165) is 0 Å². The van der Waals surface area contributed by atoms with Gasteiger partial charge in [-0.3, -0.25) is 9.59 Å². The summed E-state index contributed by atoms with van der Waals surface area (Å²) in [4.78, 5) is 39.6. The molecule has 154 valence electrons. The van der Waals surface area contributed by atoms with Crippen LogP contribution in [0.15, 0.2) is 18.2 Å². The van der Waals surface area contributed by atoms with Gasteiger partial charge in [-0.1, -0.05) is 6.92 Å². The van der Waals surface area contributed by atoms with Crippen LogP contribution in [-0.4, -0.2) is 67.0 Å². The van der Waals surface area contributed by atoms with E-state index >= 15 is 0 Å². The van der Waals surface area contributed by atoms with E-state index < -0.39 is 0 Å². The molecule has 2 rings (SSSR count). The molecule has 8 nitrogen and oxygen atoms in total. The third kappa shape index (κ3) is 5.37. The van der Waals surface area contributed by atoms with Gasteiger partial charge < -0.3 is 25.2 Å². The molecule has 1 aliphatic heterocycles. The normalized spacial score (nSPS) is 19.2. The van der Waals surface area contributed by atoms with Crippen LogP contribution in [0.4, 0.5) is 10.5 Å². The lowest BCUT2D eigenvalue weighted by Gasteiger charge is -2.35. The summed E-state index contributed by atoms with van der Waals surface area (Å²) in [6, 6.07) is 4.89. The Bertz CT molecular complexity index is 750. The highest BCUT2D eigenvalue weighted by molar-refractivity contribution is 5.99.